The summed E-state index contributed by atoms with van der Waals surface area (Å²) in [6.07, 6.45) is 11.4. The van der Waals surface area contributed by atoms with Crippen LogP contribution >= 0.6 is 0 Å². The third kappa shape index (κ3) is 7.42. The molecule has 0 aliphatic heterocycles. The van der Waals surface area contributed by atoms with Crippen molar-refractivity contribution in [2.75, 3.05) is 5.32 Å². The summed E-state index contributed by atoms with van der Waals surface area (Å²) >= 11 is 0. The number of fused-ring (bicyclic) bond motifs is 7. The van der Waals surface area contributed by atoms with E-state index in [2.05, 4.69) is 58.8 Å². The van der Waals surface area contributed by atoms with Crippen LogP contribution in [-0.4, -0.2) is 35.0 Å². The van der Waals surface area contributed by atoms with E-state index in [1.54, 1.807) is 0 Å². The van der Waals surface area contributed by atoms with Gasteiger partial charge in [0.25, 0.3) is 0 Å². The van der Waals surface area contributed by atoms with Crippen LogP contribution in [-0.2, 0) is 30.5 Å². The molecule has 8 heteroatoms. The number of ether oxygens (including phenoxy) is 1. The van der Waals surface area contributed by atoms with E-state index in [4.69, 9.17) is 4.74 Å². The summed E-state index contributed by atoms with van der Waals surface area (Å²) in [5.41, 5.74) is 2.66. The number of aliphatic carboxylic acids is 1. The van der Waals surface area contributed by atoms with Crippen LogP contribution in [0.5, 0.6) is 0 Å². The van der Waals surface area contributed by atoms with Crippen LogP contribution in [0.3, 0.4) is 0 Å². The minimum atomic E-state index is -0.892. The maximum atomic E-state index is 13.9. The van der Waals surface area contributed by atoms with Crippen molar-refractivity contribution in [1.82, 2.24) is 5.32 Å². The van der Waals surface area contributed by atoms with Crippen LogP contribution in [0.15, 0.2) is 36.4 Å². The molecule has 10 atom stereocenters. The molecule has 2 amide bonds. The van der Waals surface area contributed by atoms with Gasteiger partial charge in [0.15, 0.2) is 0 Å². The Morgan fingerprint density at radius 1 is 0.836 bits per heavy atom. The van der Waals surface area contributed by atoms with Crippen molar-refractivity contribution in [2.45, 2.75) is 158 Å². The van der Waals surface area contributed by atoms with Gasteiger partial charge in [-0.2, -0.15) is 0 Å². The lowest BCUT2D eigenvalue weighted by Crippen LogP contribution is -2.67. The topological polar surface area (TPSA) is 122 Å². The SMILES string of the molecule is C=C(C)[C@@H]1CC[C@]2(CC(=O)NCc3ccc(NC(C)=O)cc3)CC[C@]3(C)[C@H](CC[C@@H]4[C@@]5(C)CC[C@H](OC(=O)CC(C)(C)CC(=O)O)C(C)(C)[C@@H]5CC[C@]43C)[C@@H]12. The fourth-order valence-corrected chi connectivity index (χ4v) is 14.3. The molecule has 5 saturated carbocycles. The summed E-state index contributed by atoms with van der Waals surface area (Å²) in [5, 5.41) is 15.4. The van der Waals surface area contributed by atoms with Crippen molar-refractivity contribution in [3.63, 3.8) is 0 Å². The number of carboxylic acid groups (broad SMARTS) is 1. The number of allylic oxidation sites excluding steroid dienone is 1. The van der Waals surface area contributed by atoms with E-state index >= 15 is 0 Å². The number of carbonyl (C=O) groups excluding carboxylic acids is 3. The predicted octanol–water partition coefficient (Wildman–Crippen LogP) is 10.1. The second kappa shape index (κ2) is 14.7. The van der Waals surface area contributed by atoms with E-state index in [1.807, 2.05) is 38.1 Å². The minimum absolute atomic E-state index is 0.0135. The quantitative estimate of drug-likeness (QED) is 0.153. The number of hydrogen-bond acceptors (Lipinski definition) is 5. The molecule has 0 heterocycles. The summed E-state index contributed by atoms with van der Waals surface area (Å²) in [5.74, 6) is 1.31. The first kappa shape index (κ1) is 41.5. The number of anilines is 1. The van der Waals surface area contributed by atoms with Gasteiger partial charge < -0.3 is 20.5 Å². The summed E-state index contributed by atoms with van der Waals surface area (Å²) in [7, 11) is 0. The average molecular weight is 759 g/mol. The molecule has 1 aromatic carbocycles. The van der Waals surface area contributed by atoms with Gasteiger partial charge in [0.2, 0.25) is 11.8 Å². The normalized spacial score (nSPS) is 37.6. The zero-order chi connectivity index (χ0) is 40.4. The molecule has 5 aliphatic carbocycles. The van der Waals surface area contributed by atoms with E-state index in [-0.39, 0.29) is 63.8 Å². The molecular formula is C47H70N2O6. The molecular weight excluding hydrogens is 689 g/mol. The zero-order valence-corrected chi connectivity index (χ0v) is 35.4. The number of amides is 2. The van der Waals surface area contributed by atoms with Gasteiger partial charge in [0, 0.05) is 31.0 Å². The predicted molar refractivity (Wildman–Crippen MR) is 217 cm³/mol. The molecule has 0 spiro atoms. The smallest absolute Gasteiger partial charge is 0.306 e. The fourth-order valence-electron chi connectivity index (χ4n) is 14.3. The van der Waals surface area contributed by atoms with E-state index in [0.29, 0.717) is 42.6 Å². The first-order valence-corrected chi connectivity index (χ1v) is 21.3. The van der Waals surface area contributed by atoms with Crippen molar-refractivity contribution >= 4 is 29.4 Å². The van der Waals surface area contributed by atoms with Gasteiger partial charge in [0.05, 0.1) is 12.8 Å². The second-order valence-corrected chi connectivity index (χ2v) is 21.1. The number of benzene rings is 1. The molecule has 0 bridgehead atoms. The van der Waals surface area contributed by atoms with Crippen molar-refractivity contribution in [3.05, 3.63) is 42.0 Å². The zero-order valence-electron chi connectivity index (χ0n) is 35.4. The third-order valence-electron chi connectivity index (χ3n) is 17.0. The molecule has 0 radical (unpaired) electrons. The lowest BCUT2D eigenvalue weighted by molar-refractivity contribution is -0.250. The third-order valence-corrected chi connectivity index (χ3v) is 17.0. The minimum Gasteiger partial charge on any atom is -0.481 e. The molecule has 5 aliphatic rings. The average Bonchev–Trinajstić information content (AvgIpc) is 3.44. The largest absolute Gasteiger partial charge is 0.481 e. The molecule has 6 rings (SSSR count). The van der Waals surface area contributed by atoms with Crippen LogP contribution < -0.4 is 10.6 Å². The van der Waals surface area contributed by atoms with Crippen LogP contribution in [0.1, 0.15) is 151 Å². The second-order valence-electron chi connectivity index (χ2n) is 21.1. The highest BCUT2D eigenvalue weighted by Crippen LogP contribution is 2.78. The van der Waals surface area contributed by atoms with Gasteiger partial charge in [-0.05, 0) is 145 Å². The van der Waals surface area contributed by atoms with Crippen LogP contribution in [0, 0.1) is 62.1 Å². The van der Waals surface area contributed by atoms with Gasteiger partial charge in [-0.1, -0.05) is 72.8 Å². The van der Waals surface area contributed by atoms with Crippen molar-refractivity contribution in [3.8, 4) is 0 Å². The molecule has 55 heavy (non-hydrogen) atoms. The summed E-state index contributed by atoms with van der Waals surface area (Å²) < 4.78 is 6.28. The van der Waals surface area contributed by atoms with Gasteiger partial charge in [-0.25, -0.2) is 0 Å². The van der Waals surface area contributed by atoms with Gasteiger partial charge in [-0.15, -0.1) is 0 Å². The van der Waals surface area contributed by atoms with Crippen molar-refractivity contribution in [2.24, 2.45) is 62.1 Å². The summed E-state index contributed by atoms with van der Waals surface area (Å²) in [4.78, 5) is 50.0. The maximum Gasteiger partial charge on any atom is 0.306 e. The van der Waals surface area contributed by atoms with E-state index in [1.165, 1.54) is 31.8 Å². The molecule has 5 fully saturated rings. The summed E-state index contributed by atoms with van der Waals surface area (Å²) in [6.45, 7) is 24.9. The Labute approximate surface area is 330 Å². The number of nitrogens with one attached hydrogen (secondary N) is 2. The van der Waals surface area contributed by atoms with Gasteiger partial charge in [-0.3, -0.25) is 19.2 Å². The van der Waals surface area contributed by atoms with E-state index in [9.17, 15) is 24.3 Å². The van der Waals surface area contributed by atoms with Crippen LogP contribution in [0.4, 0.5) is 5.69 Å². The monoisotopic (exact) mass is 759 g/mol. The number of esters is 1. The van der Waals surface area contributed by atoms with Crippen LogP contribution in [0.25, 0.3) is 0 Å². The molecule has 8 nitrogen and oxygen atoms in total. The van der Waals surface area contributed by atoms with Crippen LogP contribution in [0.2, 0.25) is 0 Å². The Morgan fingerprint density at radius 3 is 2.16 bits per heavy atom. The number of rotatable bonds is 11. The van der Waals surface area contributed by atoms with Crippen molar-refractivity contribution in [1.29, 1.82) is 0 Å². The lowest BCUT2D eigenvalue weighted by Gasteiger charge is -2.73. The molecule has 1 aromatic rings. The van der Waals surface area contributed by atoms with Gasteiger partial charge in [0.1, 0.15) is 6.10 Å². The standard InChI is InChI=1S/C47H70N2O6/c1-29(2)33-17-22-47(25-38(51)48-28-31-11-13-32(14-12-31)49-30(3)50)24-23-45(9)34(41(33)47)15-16-36-44(8)20-19-37(43(6,7)35(44)18-21-46(36,45)10)55-40(54)27-42(4,5)26-39(52)53/h11-14,33-37,41H,1,15-28H2,2-10H3,(H,48,51)(H,49,50)(H,52,53)/t33-,34+,35-,36+,37-,41+,44-,45+,46+,47+/m0/s1. The first-order chi connectivity index (χ1) is 25.6. The number of carboxylic acids is 1. The van der Waals surface area contributed by atoms with Gasteiger partial charge >= 0.3 is 11.9 Å². The molecule has 0 aromatic heterocycles. The van der Waals surface area contributed by atoms with E-state index < -0.39 is 11.4 Å². The molecule has 3 N–H and O–H groups in total. The Bertz CT molecular complexity index is 1680. The number of carbonyl (C=O) groups is 4. The molecule has 0 unspecified atom stereocenters. The molecule has 0 saturated heterocycles. The lowest BCUT2D eigenvalue weighted by atomic mass is 9.32. The highest BCUT2D eigenvalue weighted by atomic mass is 16.5. The summed E-state index contributed by atoms with van der Waals surface area (Å²) in [6, 6.07) is 7.69. The highest BCUT2D eigenvalue weighted by Gasteiger charge is 2.71. The fraction of sp³-hybridized carbons (Fsp3) is 0.745. The Hall–Kier alpha value is -3.16. The van der Waals surface area contributed by atoms with Crippen molar-refractivity contribution < 1.29 is 29.0 Å². The molecule has 304 valence electrons. The maximum absolute atomic E-state index is 13.9. The first-order valence-electron chi connectivity index (χ1n) is 21.3. The number of hydrogen-bond donors (Lipinski definition) is 3. The Morgan fingerprint density at radius 2 is 1.53 bits per heavy atom. The van der Waals surface area contributed by atoms with E-state index in [0.717, 1.165) is 56.2 Å². The highest BCUT2D eigenvalue weighted by molar-refractivity contribution is 5.88. The Kier molecular flexibility index (Phi) is 11.0. The Balaban J connectivity index is 1.18.